The Morgan fingerprint density at radius 3 is 2.80 bits per heavy atom. The highest BCUT2D eigenvalue weighted by Gasteiger charge is 2.18. The lowest BCUT2D eigenvalue weighted by molar-refractivity contribution is 0.0822. The third-order valence-electron chi connectivity index (χ3n) is 3.36. The lowest BCUT2D eigenvalue weighted by atomic mass is 10.0. The zero-order valence-electron chi connectivity index (χ0n) is 11.6. The summed E-state index contributed by atoms with van der Waals surface area (Å²) in [4.78, 5) is 18.0. The van der Waals surface area contributed by atoms with Crippen molar-refractivity contribution in [2.75, 3.05) is 20.7 Å². The van der Waals surface area contributed by atoms with Crippen LogP contribution in [0, 0.1) is 0 Å². The Hall–Kier alpha value is -2.36. The van der Waals surface area contributed by atoms with Gasteiger partial charge >= 0.3 is 0 Å². The SMILES string of the molecule is CN(C)C(=O)c1cccc(-c2cccc3c2OCC3)n1. The van der Waals surface area contributed by atoms with Crippen LogP contribution in [0.1, 0.15) is 16.1 Å². The molecule has 1 aromatic heterocycles. The summed E-state index contributed by atoms with van der Waals surface area (Å²) in [7, 11) is 3.44. The second-order valence-electron chi connectivity index (χ2n) is 5.00. The average molecular weight is 268 g/mol. The Morgan fingerprint density at radius 1 is 1.20 bits per heavy atom. The number of ether oxygens (including phenoxy) is 1. The first-order chi connectivity index (χ1) is 9.66. The molecule has 0 spiro atoms. The summed E-state index contributed by atoms with van der Waals surface area (Å²) in [6, 6.07) is 11.6. The summed E-state index contributed by atoms with van der Waals surface area (Å²) in [6.07, 6.45) is 0.930. The molecule has 0 radical (unpaired) electrons. The highest BCUT2D eigenvalue weighted by molar-refractivity contribution is 5.92. The van der Waals surface area contributed by atoms with Gasteiger partial charge in [0, 0.05) is 26.1 Å². The molecule has 2 heterocycles. The quantitative estimate of drug-likeness (QED) is 0.840. The third-order valence-corrected chi connectivity index (χ3v) is 3.36. The zero-order chi connectivity index (χ0) is 14.1. The standard InChI is InChI=1S/C16H16N2O2/c1-18(2)16(19)14-8-4-7-13(17-14)12-6-3-5-11-9-10-20-15(11)12/h3-8H,9-10H2,1-2H3. The minimum absolute atomic E-state index is 0.0969. The first-order valence-corrected chi connectivity index (χ1v) is 6.60. The molecule has 4 nitrogen and oxygen atoms in total. The normalized spacial score (nSPS) is 12.7. The predicted molar refractivity (Wildman–Crippen MR) is 76.9 cm³/mol. The van der Waals surface area contributed by atoms with E-state index in [9.17, 15) is 4.79 Å². The van der Waals surface area contributed by atoms with E-state index in [4.69, 9.17) is 4.74 Å². The molecule has 102 valence electrons. The van der Waals surface area contributed by atoms with Crippen LogP contribution < -0.4 is 4.74 Å². The van der Waals surface area contributed by atoms with Crippen molar-refractivity contribution in [3.05, 3.63) is 47.7 Å². The Bertz CT molecular complexity index is 665. The number of pyridine rings is 1. The highest BCUT2D eigenvalue weighted by atomic mass is 16.5. The fourth-order valence-electron chi connectivity index (χ4n) is 2.35. The lowest BCUT2D eigenvalue weighted by Crippen LogP contribution is -2.22. The molecule has 0 atom stereocenters. The molecule has 0 saturated carbocycles. The summed E-state index contributed by atoms with van der Waals surface area (Å²) in [6.45, 7) is 0.711. The van der Waals surface area contributed by atoms with Gasteiger partial charge in [0.05, 0.1) is 12.3 Å². The number of hydrogen-bond donors (Lipinski definition) is 0. The van der Waals surface area contributed by atoms with Gasteiger partial charge in [0.25, 0.3) is 5.91 Å². The van der Waals surface area contributed by atoms with Crippen LogP contribution in [-0.2, 0) is 6.42 Å². The molecular weight excluding hydrogens is 252 g/mol. The van der Waals surface area contributed by atoms with E-state index in [-0.39, 0.29) is 5.91 Å². The lowest BCUT2D eigenvalue weighted by Gasteiger charge is -2.11. The van der Waals surface area contributed by atoms with Crippen LogP contribution in [0.25, 0.3) is 11.3 Å². The van der Waals surface area contributed by atoms with E-state index < -0.39 is 0 Å². The van der Waals surface area contributed by atoms with Gasteiger partial charge in [-0.1, -0.05) is 18.2 Å². The van der Waals surface area contributed by atoms with Gasteiger partial charge in [-0.3, -0.25) is 4.79 Å². The Morgan fingerprint density at radius 2 is 2.00 bits per heavy atom. The van der Waals surface area contributed by atoms with E-state index in [1.807, 2.05) is 24.3 Å². The van der Waals surface area contributed by atoms with Crippen LogP contribution >= 0.6 is 0 Å². The van der Waals surface area contributed by atoms with Crippen molar-refractivity contribution >= 4 is 5.91 Å². The second kappa shape index (κ2) is 4.96. The minimum Gasteiger partial charge on any atom is -0.492 e. The van der Waals surface area contributed by atoms with Crippen molar-refractivity contribution in [2.24, 2.45) is 0 Å². The third kappa shape index (κ3) is 2.13. The van der Waals surface area contributed by atoms with Gasteiger partial charge in [-0.05, 0) is 23.8 Å². The second-order valence-corrected chi connectivity index (χ2v) is 5.00. The molecule has 3 rings (SSSR count). The van der Waals surface area contributed by atoms with Gasteiger partial charge in [0.15, 0.2) is 0 Å². The molecule has 0 bridgehead atoms. The molecule has 1 aromatic carbocycles. The molecule has 0 N–H and O–H groups in total. The number of para-hydroxylation sites is 1. The van der Waals surface area contributed by atoms with E-state index in [1.54, 1.807) is 20.2 Å². The maximum atomic E-state index is 12.0. The van der Waals surface area contributed by atoms with Crippen molar-refractivity contribution in [1.82, 2.24) is 9.88 Å². The van der Waals surface area contributed by atoms with Crippen LogP contribution in [0.2, 0.25) is 0 Å². The van der Waals surface area contributed by atoms with Crippen LogP contribution in [0.5, 0.6) is 5.75 Å². The number of aromatic nitrogens is 1. The average Bonchev–Trinajstić information content (AvgIpc) is 2.94. The Kier molecular flexibility index (Phi) is 3.14. The maximum Gasteiger partial charge on any atom is 0.271 e. The Balaban J connectivity index is 2.06. The molecule has 0 aliphatic carbocycles. The smallest absolute Gasteiger partial charge is 0.271 e. The van der Waals surface area contributed by atoms with Gasteiger partial charge in [-0.2, -0.15) is 0 Å². The van der Waals surface area contributed by atoms with E-state index >= 15 is 0 Å². The molecule has 1 aliphatic rings. The van der Waals surface area contributed by atoms with Crippen LogP contribution in [0.4, 0.5) is 0 Å². The number of fused-ring (bicyclic) bond motifs is 1. The van der Waals surface area contributed by atoms with E-state index in [0.717, 1.165) is 23.4 Å². The van der Waals surface area contributed by atoms with E-state index in [0.29, 0.717) is 12.3 Å². The number of rotatable bonds is 2. The fourth-order valence-corrected chi connectivity index (χ4v) is 2.35. The first-order valence-electron chi connectivity index (χ1n) is 6.60. The molecule has 1 aliphatic heterocycles. The number of carbonyl (C=O) groups excluding carboxylic acids is 1. The molecule has 4 heteroatoms. The van der Waals surface area contributed by atoms with E-state index in [1.165, 1.54) is 10.5 Å². The number of amides is 1. The van der Waals surface area contributed by atoms with Gasteiger partial charge in [0.1, 0.15) is 11.4 Å². The van der Waals surface area contributed by atoms with Crippen molar-refractivity contribution < 1.29 is 9.53 Å². The number of nitrogens with zero attached hydrogens (tertiary/aromatic N) is 2. The topological polar surface area (TPSA) is 42.4 Å². The van der Waals surface area contributed by atoms with Gasteiger partial charge in [-0.25, -0.2) is 4.98 Å². The summed E-state index contributed by atoms with van der Waals surface area (Å²) in [5.41, 5.74) is 3.38. The first kappa shape index (κ1) is 12.7. The largest absolute Gasteiger partial charge is 0.492 e. The molecular formula is C16H16N2O2. The maximum absolute atomic E-state index is 12.0. The fraction of sp³-hybridized carbons (Fsp3) is 0.250. The van der Waals surface area contributed by atoms with Crippen molar-refractivity contribution in [2.45, 2.75) is 6.42 Å². The van der Waals surface area contributed by atoms with Crippen molar-refractivity contribution in [1.29, 1.82) is 0 Å². The van der Waals surface area contributed by atoms with Crippen molar-refractivity contribution in [3.8, 4) is 17.0 Å². The van der Waals surface area contributed by atoms with Crippen molar-refractivity contribution in [3.63, 3.8) is 0 Å². The number of hydrogen-bond acceptors (Lipinski definition) is 3. The van der Waals surface area contributed by atoms with Gasteiger partial charge in [0.2, 0.25) is 0 Å². The summed E-state index contributed by atoms with van der Waals surface area (Å²) in [5.74, 6) is 0.801. The number of carbonyl (C=O) groups is 1. The minimum atomic E-state index is -0.0969. The van der Waals surface area contributed by atoms with Crippen LogP contribution in [0.15, 0.2) is 36.4 Å². The van der Waals surface area contributed by atoms with Crippen LogP contribution in [-0.4, -0.2) is 36.5 Å². The molecule has 0 fully saturated rings. The van der Waals surface area contributed by atoms with Gasteiger partial charge < -0.3 is 9.64 Å². The zero-order valence-corrected chi connectivity index (χ0v) is 11.6. The van der Waals surface area contributed by atoms with Gasteiger partial charge in [-0.15, -0.1) is 0 Å². The van der Waals surface area contributed by atoms with E-state index in [2.05, 4.69) is 11.1 Å². The summed E-state index contributed by atoms with van der Waals surface area (Å²) >= 11 is 0. The Labute approximate surface area is 118 Å². The molecule has 1 amide bonds. The predicted octanol–water partition coefficient (Wildman–Crippen LogP) is 2.39. The summed E-state index contributed by atoms with van der Waals surface area (Å²) in [5, 5.41) is 0. The number of benzene rings is 1. The highest BCUT2D eigenvalue weighted by Crippen LogP contribution is 2.35. The monoisotopic (exact) mass is 268 g/mol. The molecule has 0 saturated heterocycles. The van der Waals surface area contributed by atoms with Crippen LogP contribution in [0.3, 0.4) is 0 Å². The molecule has 0 unspecified atom stereocenters. The summed E-state index contributed by atoms with van der Waals surface area (Å²) < 4.78 is 5.70. The molecule has 2 aromatic rings. The molecule has 20 heavy (non-hydrogen) atoms.